The van der Waals surface area contributed by atoms with Gasteiger partial charge < -0.3 is 24.8 Å². The summed E-state index contributed by atoms with van der Waals surface area (Å²) in [5.41, 5.74) is 0.608. The van der Waals surface area contributed by atoms with Gasteiger partial charge in [0.05, 0.1) is 12.1 Å². The maximum Gasteiger partial charge on any atom is 0.258 e. The maximum absolute atomic E-state index is 12.7. The largest absolute Gasteiger partial charge is 0.467 e. The first kappa shape index (κ1) is 19.7. The SMILES string of the molecule is Cc1ccc2c(c1)C(=O)N[C@@]1(CCC(=O)N(CC(=O)N3CCN(C)CC3)CC1)O2. The van der Waals surface area contributed by atoms with E-state index in [-0.39, 0.29) is 30.7 Å². The summed E-state index contributed by atoms with van der Waals surface area (Å²) < 4.78 is 6.18. The number of amides is 3. The van der Waals surface area contributed by atoms with Crippen molar-refractivity contribution in [3.05, 3.63) is 29.3 Å². The number of rotatable bonds is 2. The number of likely N-dealkylation sites (N-methyl/N-ethyl adjacent to an activating group) is 1. The van der Waals surface area contributed by atoms with Crippen LogP contribution in [-0.2, 0) is 9.59 Å². The van der Waals surface area contributed by atoms with Crippen molar-refractivity contribution in [2.75, 3.05) is 46.3 Å². The predicted octanol–water partition coefficient (Wildman–Crippen LogP) is 0.600. The molecule has 29 heavy (non-hydrogen) atoms. The molecule has 3 heterocycles. The number of carbonyl (C=O) groups is 3. The smallest absolute Gasteiger partial charge is 0.258 e. The summed E-state index contributed by atoms with van der Waals surface area (Å²) in [7, 11) is 2.04. The Labute approximate surface area is 170 Å². The standard InChI is InChI=1S/C21H28N4O4/c1-15-3-4-17-16(13-15)20(28)22-21(29-17)6-5-18(26)25(8-7-21)14-19(27)24-11-9-23(2)10-12-24/h3-4,13H,5-12,14H2,1-2H3,(H,22,28)/t21-/m0/s1. The van der Waals surface area contributed by atoms with E-state index in [1.807, 2.05) is 31.0 Å². The fourth-order valence-electron chi connectivity index (χ4n) is 4.17. The highest BCUT2D eigenvalue weighted by Gasteiger charge is 2.43. The molecule has 8 nitrogen and oxygen atoms in total. The minimum absolute atomic E-state index is 0.0168. The Bertz CT molecular complexity index is 834. The van der Waals surface area contributed by atoms with E-state index in [0.717, 1.165) is 18.7 Å². The molecule has 8 heteroatoms. The van der Waals surface area contributed by atoms with Gasteiger partial charge >= 0.3 is 0 Å². The molecule has 3 aliphatic rings. The van der Waals surface area contributed by atoms with Gasteiger partial charge in [-0.3, -0.25) is 14.4 Å². The highest BCUT2D eigenvalue weighted by atomic mass is 16.5. The van der Waals surface area contributed by atoms with Gasteiger partial charge in [0, 0.05) is 52.0 Å². The van der Waals surface area contributed by atoms with Crippen LogP contribution in [0, 0.1) is 6.92 Å². The Balaban J connectivity index is 1.43. The molecular formula is C21H28N4O4. The normalized spacial score (nSPS) is 25.3. The molecule has 0 aliphatic carbocycles. The van der Waals surface area contributed by atoms with E-state index >= 15 is 0 Å². The summed E-state index contributed by atoms with van der Waals surface area (Å²) in [6.45, 7) is 5.47. The molecule has 0 bridgehead atoms. The summed E-state index contributed by atoms with van der Waals surface area (Å²) in [4.78, 5) is 43.6. The Morgan fingerprint density at radius 3 is 2.66 bits per heavy atom. The Morgan fingerprint density at radius 2 is 1.90 bits per heavy atom. The highest BCUT2D eigenvalue weighted by Crippen LogP contribution is 2.34. The van der Waals surface area contributed by atoms with Crippen LogP contribution in [0.4, 0.5) is 0 Å². The van der Waals surface area contributed by atoms with E-state index in [4.69, 9.17) is 4.74 Å². The molecule has 2 fully saturated rings. The molecule has 1 aromatic carbocycles. The number of piperazine rings is 1. The van der Waals surface area contributed by atoms with Gasteiger partial charge in [-0.1, -0.05) is 11.6 Å². The van der Waals surface area contributed by atoms with E-state index in [1.165, 1.54) is 0 Å². The van der Waals surface area contributed by atoms with Crippen LogP contribution in [0.3, 0.4) is 0 Å². The van der Waals surface area contributed by atoms with E-state index in [1.54, 1.807) is 11.0 Å². The molecule has 1 spiro atoms. The first-order chi connectivity index (χ1) is 13.8. The van der Waals surface area contributed by atoms with Gasteiger partial charge in [-0.2, -0.15) is 0 Å². The highest BCUT2D eigenvalue weighted by molar-refractivity contribution is 5.98. The van der Waals surface area contributed by atoms with Gasteiger partial charge in [0.2, 0.25) is 11.8 Å². The third-order valence-electron chi connectivity index (χ3n) is 6.09. The number of carbonyl (C=O) groups excluding carboxylic acids is 3. The van der Waals surface area contributed by atoms with Crippen LogP contribution in [0.2, 0.25) is 0 Å². The van der Waals surface area contributed by atoms with Crippen LogP contribution in [0.15, 0.2) is 18.2 Å². The Kier molecular flexibility index (Phi) is 5.21. The van der Waals surface area contributed by atoms with Crippen molar-refractivity contribution < 1.29 is 19.1 Å². The van der Waals surface area contributed by atoms with Crippen molar-refractivity contribution in [3.8, 4) is 5.75 Å². The van der Waals surface area contributed by atoms with Crippen molar-refractivity contribution in [1.29, 1.82) is 0 Å². The summed E-state index contributed by atoms with van der Waals surface area (Å²) in [5, 5.41) is 2.98. The molecule has 1 N–H and O–H groups in total. The third kappa shape index (κ3) is 4.07. The summed E-state index contributed by atoms with van der Waals surface area (Å²) in [6, 6.07) is 5.53. The lowest BCUT2D eigenvalue weighted by Crippen LogP contribution is -2.56. The molecule has 156 valence electrons. The number of benzene rings is 1. The van der Waals surface area contributed by atoms with Crippen LogP contribution in [-0.4, -0.2) is 84.5 Å². The zero-order valence-corrected chi connectivity index (χ0v) is 17.1. The molecule has 0 aromatic heterocycles. The molecule has 1 aromatic rings. The van der Waals surface area contributed by atoms with Crippen LogP contribution < -0.4 is 10.1 Å². The minimum Gasteiger partial charge on any atom is -0.467 e. The lowest BCUT2D eigenvalue weighted by atomic mass is 9.99. The molecule has 3 aliphatic heterocycles. The predicted molar refractivity (Wildman–Crippen MR) is 107 cm³/mol. The van der Waals surface area contributed by atoms with Crippen LogP contribution in [0.1, 0.15) is 35.2 Å². The lowest BCUT2D eigenvalue weighted by Gasteiger charge is -2.38. The summed E-state index contributed by atoms with van der Waals surface area (Å²) in [6.07, 6.45) is 1.08. The monoisotopic (exact) mass is 400 g/mol. The van der Waals surface area contributed by atoms with Crippen LogP contribution in [0.25, 0.3) is 0 Å². The maximum atomic E-state index is 12.7. The van der Waals surface area contributed by atoms with Gasteiger partial charge in [-0.15, -0.1) is 0 Å². The van der Waals surface area contributed by atoms with Gasteiger partial charge in [-0.05, 0) is 26.1 Å². The number of fused-ring (bicyclic) bond motifs is 1. The summed E-state index contributed by atoms with van der Waals surface area (Å²) >= 11 is 0. The Hall–Kier alpha value is -2.61. The number of hydrogen-bond acceptors (Lipinski definition) is 5. The number of aryl methyl sites for hydroxylation is 1. The summed E-state index contributed by atoms with van der Waals surface area (Å²) in [5.74, 6) is 0.284. The van der Waals surface area contributed by atoms with Crippen molar-refractivity contribution >= 4 is 17.7 Å². The fourth-order valence-corrected chi connectivity index (χ4v) is 4.17. The molecular weight excluding hydrogens is 372 g/mol. The second-order valence-electron chi connectivity index (χ2n) is 8.30. The van der Waals surface area contributed by atoms with Gasteiger partial charge in [0.25, 0.3) is 5.91 Å². The molecule has 3 amide bonds. The molecule has 0 unspecified atom stereocenters. The molecule has 2 saturated heterocycles. The van der Waals surface area contributed by atoms with Gasteiger partial charge in [0.1, 0.15) is 5.75 Å². The van der Waals surface area contributed by atoms with Crippen LogP contribution in [0.5, 0.6) is 5.75 Å². The number of nitrogens with one attached hydrogen (secondary N) is 1. The minimum atomic E-state index is -0.902. The number of hydrogen-bond donors (Lipinski definition) is 1. The van der Waals surface area contributed by atoms with Crippen molar-refractivity contribution in [2.24, 2.45) is 0 Å². The third-order valence-corrected chi connectivity index (χ3v) is 6.09. The first-order valence-electron chi connectivity index (χ1n) is 10.2. The number of likely N-dealkylation sites (tertiary alicyclic amines) is 1. The van der Waals surface area contributed by atoms with Gasteiger partial charge in [-0.25, -0.2) is 0 Å². The van der Waals surface area contributed by atoms with Crippen molar-refractivity contribution in [3.63, 3.8) is 0 Å². The molecule has 0 saturated carbocycles. The average molecular weight is 400 g/mol. The topological polar surface area (TPSA) is 82.2 Å². The van der Waals surface area contributed by atoms with Crippen LogP contribution >= 0.6 is 0 Å². The van der Waals surface area contributed by atoms with E-state index < -0.39 is 5.72 Å². The molecule has 0 radical (unpaired) electrons. The molecule has 1 atom stereocenters. The van der Waals surface area contributed by atoms with E-state index in [2.05, 4.69) is 10.2 Å². The zero-order valence-electron chi connectivity index (χ0n) is 17.1. The van der Waals surface area contributed by atoms with Gasteiger partial charge in [0.15, 0.2) is 5.72 Å². The first-order valence-corrected chi connectivity index (χ1v) is 10.2. The zero-order chi connectivity index (χ0) is 20.6. The Morgan fingerprint density at radius 1 is 1.14 bits per heavy atom. The quantitative estimate of drug-likeness (QED) is 0.786. The average Bonchev–Trinajstić information content (AvgIpc) is 2.83. The second-order valence-corrected chi connectivity index (χ2v) is 8.30. The molecule has 4 rings (SSSR count). The van der Waals surface area contributed by atoms with E-state index in [0.29, 0.717) is 43.8 Å². The number of ether oxygens (including phenoxy) is 1. The van der Waals surface area contributed by atoms with Crippen molar-refractivity contribution in [2.45, 2.75) is 31.9 Å². The number of nitrogens with zero attached hydrogens (tertiary/aromatic N) is 3. The van der Waals surface area contributed by atoms with E-state index in [9.17, 15) is 14.4 Å². The van der Waals surface area contributed by atoms with Crippen molar-refractivity contribution in [1.82, 2.24) is 20.0 Å². The second kappa shape index (κ2) is 7.67. The lowest BCUT2D eigenvalue weighted by molar-refractivity contribution is -0.141. The fraction of sp³-hybridized carbons (Fsp3) is 0.571.